The van der Waals surface area contributed by atoms with Crippen molar-refractivity contribution in [1.82, 2.24) is 0 Å². The van der Waals surface area contributed by atoms with E-state index in [1.807, 2.05) is 25.1 Å². The van der Waals surface area contributed by atoms with Gasteiger partial charge >= 0.3 is 0 Å². The van der Waals surface area contributed by atoms with Crippen LogP contribution >= 0.6 is 15.9 Å². The first-order valence-electron chi connectivity index (χ1n) is 5.82. The van der Waals surface area contributed by atoms with Gasteiger partial charge in [-0.25, -0.2) is 4.39 Å². The van der Waals surface area contributed by atoms with Gasteiger partial charge in [-0.3, -0.25) is 0 Å². The van der Waals surface area contributed by atoms with Crippen LogP contribution in [0, 0.1) is 17.1 Å². The third kappa shape index (κ3) is 3.33. The second kappa shape index (κ2) is 5.85. The van der Waals surface area contributed by atoms with Crippen molar-refractivity contribution >= 4 is 21.6 Å². The molecule has 19 heavy (non-hydrogen) atoms. The van der Waals surface area contributed by atoms with E-state index in [-0.39, 0.29) is 11.9 Å². The summed E-state index contributed by atoms with van der Waals surface area (Å²) < 4.78 is 13.9. The summed E-state index contributed by atoms with van der Waals surface area (Å²) in [6.07, 6.45) is 0. The Morgan fingerprint density at radius 2 is 2.05 bits per heavy atom. The molecule has 2 nitrogen and oxygen atoms in total. The molecule has 4 heteroatoms. The minimum absolute atomic E-state index is 0.0180. The molecule has 0 aromatic heterocycles. The number of nitriles is 1. The second-order valence-corrected chi connectivity index (χ2v) is 5.08. The fourth-order valence-corrected chi connectivity index (χ4v) is 2.27. The maximum atomic E-state index is 13.2. The van der Waals surface area contributed by atoms with Crippen LogP contribution in [-0.4, -0.2) is 0 Å². The third-order valence-electron chi connectivity index (χ3n) is 2.82. The van der Waals surface area contributed by atoms with E-state index in [4.69, 9.17) is 5.26 Å². The van der Waals surface area contributed by atoms with E-state index >= 15 is 0 Å². The molecule has 1 N–H and O–H groups in total. The molecule has 1 atom stereocenters. The van der Waals surface area contributed by atoms with E-state index in [2.05, 4.69) is 27.3 Å². The van der Waals surface area contributed by atoms with Crippen molar-refractivity contribution in [2.75, 3.05) is 5.32 Å². The Kier molecular flexibility index (Phi) is 4.18. The molecule has 0 bridgehead atoms. The predicted molar refractivity (Wildman–Crippen MR) is 77.3 cm³/mol. The minimum atomic E-state index is -0.243. The van der Waals surface area contributed by atoms with Crippen LogP contribution in [0.4, 0.5) is 10.1 Å². The monoisotopic (exact) mass is 318 g/mol. The SMILES string of the molecule is CC(Nc1ccc(C#N)c(Br)c1)c1cccc(F)c1. The van der Waals surface area contributed by atoms with Crippen LogP contribution in [0.25, 0.3) is 0 Å². The van der Waals surface area contributed by atoms with Crippen molar-refractivity contribution in [3.63, 3.8) is 0 Å². The summed E-state index contributed by atoms with van der Waals surface area (Å²) >= 11 is 3.34. The van der Waals surface area contributed by atoms with Gasteiger partial charge in [0.25, 0.3) is 0 Å². The smallest absolute Gasteiger partial charge is 0.123 e. The van der Waals surface area contributed by atoms with Crippen molar-refractivity contribution in [3.05, 3.63) is 63.9 Å². The van der Waals surface area contributed by atoms with Gasteiger partial charge < -0.3 is 5.32 Å². The maximum Gasteiger partial charge on any atom is 0.123 e. The third-order valence-corrected chi connectivity index (χ3v) is 3.48. The summed E-state index contributed by atoms with van der Waals surface area (Å²) in [5.41, 5.74) is 2.34. The largest absolute Gasteiger partial charge is 0.378 e. The topological polar surface area (TPSA) is 35.8 Å². The first kappa shape index (κ1) is 13.6. The average Bonchev–Trinajstić information content (AvgIpc) is 2.39. The Morgan fingerprint density at radius 1 is 1.26 bits per heavy atom. The summed E-state index contributed by atoms with van der Waals surface area (Å²) in [7, 11) is 0. The van der Waals surface area contributed by atoms with Crippen LogP contribution < -0.4 is 5.32 Å². The first-order valence-corrected chi connectivity index (χ1v) is 6.61. The number of benzene rings is 2. The lowest BCUT2D eigenvalue weighted by molar-refractivity contribution is 0.623. The van der Waals surface area contributed by atoms with Crippen LogP contribution in [0.3, 0.4) is 0 Å². The van der Waals surface area contributed by atoms with E-state index in [1.54, 1.807) is 12.1 Å². The number of halogens is 2. The Hall–Kier alpha value is -1.86. The maximum absolute atomic E-state index is 13.2. The van der Waals surface area contributed by atoms with E-state index < -0.39 is 0 Å². The Balaban J connectivity index is 2.17. The Bertz CT molecular complexity index is 634. The van der Waals surface area contributed by atoms with Crippen molar-refractivity contribution < 1.29 is 4.39 Å². The van der Waals surface area contributed by atoms with Crippen LogP contribution in [-0.2, 0) is 0 Å². The summed E-state index contributed by atoms with van der Waals surface area (Å²) in [5.74, 6) is -0.243. The molecule has 2 rings (SSSR count). The molecule has 0 aliphatic rings. The Morgan fingerprint density at radius 3 is 2.68 bits per heavy atom. The predicted octanol–water partition coefficient (Wildman–Crippen LogP) is 4.63. The first-order chi connectivity index (χ1) is 9.10. The lowest BCUT2D eigenvalue weighted by atomic mass is 10.1. The van der Waals surface area contributed by atoms with Crippen LogP contribution in [0.15, 0.2) is 46.9 Å². The highest BCUT2D eigenvalue weighted by Crippen LogP contribution is 2.24. The zero-order valence-corrected chi connectivity index (χ0v) is 11.9. The molecule has 1 unspecified atom stereocenters. The molecule has 0 saturated carbocycles. The van der Waals surface area contributed by atoms with Crippen LogP contribution in [0.5, 0.6) is 0 Å². The summed E-state index contributed by atoms with van der Waals surface area (Å²) in [4.78, 5) is 0. The van der Waals surface area contributed by atoms with E-state index in [9.17, 15) is 4.39 Å². The van der Waals surface area contributed by atoms with Crippen LogP contribution in [0.2, 0.25) is 0 Å². The standard InChI is InChI=1S/C15H12BrFN2/c1-10(11-3-2-4-13(17)7-11)19-14-6-5-12(9-18)15(16)8-14/h2-8,10,19H,1H3. The van der Waals surface area contributed by atoms with Gasteiger partial charge in [0, 0.05) is 16.2 Å². The molecule has 96 valence electrons. The number of hydrogen-bond donors (Lipinski definition) is 1. The minimum Gasteiger partial charge on any atom is -0.378 e. The van der Waals surface area contributed by atoms with Gasteiger partial charge in [-0.1, -0.05) is 12.1 Å². The molecule has 0 spiro atoms. The zero-order chi connectivity index (χ0) is 13.8. The van der Waals surface area contributed by atoms with Gasteiger partial charge in [0.1, 0.15) is 11.9 Å². The van der Waals surface area contributed by atoms with Crippen LogP contribution in [0.1, 0.15) is 24.1 Å². The molecule has 2 aromatic rings. The van der Waals surface area contributed by atoms with Gasteiger partial charge in [0.05, 0.1) is 5.56 Å². The van der Waals surface area contributed by atoms with Gasteiger partial charge in [0.2, 0.25) is 0 Å². The lowest BCUT2D eigenvalue weighted by Crippen LogP contribution is -2.06. The molecular formula is C15H12BrFN2. The fraction of sp³-hybridized carbons (Fsp3) is 0.133. The lowest BCUT2D eigenvalue weighted by Gasteiger charge is -2.16. The zero-order valence-electron chi connectivity index (χ0n) is 10.3. The molecule has 0 radical (unpaired) electrons. The van der Waals surface area contributed by atoms with E-state index in [0.29, 0.717) is 5.56 Å². The molecular weight excluding hydrogens is 307 g/mol. The molecule has 0 heterocycles. The number of nitrogens with zero attached hydrogens (tertiary/aromatic N) is 1. The summed E-state index contributed by atoms with van der Waals surface area (Å²) in [6.45, 7) is 1.96. The van der Waals surface area contributed by atoms with Gasteiger partial charge in [-0.2, -0.15) is 5.26 Å². The molecule has 0 aliphatic carbocycles. The van der Waals surface area contributed by atoms with Gasteiger partial charge in [0.15, 0.2) is 0 Å². The van der Waals surface area contributed by atoms with Crippen molar-refractivity contribution in [3.8, 4) is 6.07 Å². The molecule has 0 saturated heterocycles. The van der Waals surface area contributed by atoms with E-state index in [1.165, 1.54) is 12.1 Å². The van der Waals surface area contributed by atoms with Gasteiger partial charge in [-0.15, -0.1) is 0 Å². The Labute approximate surface area is 120 Å². The van der Waals surface area contributed by atoms with Crippen molar-refractivity contribution in [1.29, 1.82) is 5.26 Å². The highest BCUT2D eigenvalue weighted by molar-refractivity contribution is 9.10. The normalized spacial score (nSPS) is 11.7. The number of hydrogen-bond acceptors (Lipinski definition) is 2. The van der Waals surface area contributed by atoms with Crippen molar-refractivity contribution in [2.45, 2.75) is 13.0 Å². The molecule has 0 aliphatic heterocycles. The molecule has 0 amide bonds. The average molecular weight is 319 g/mol. The summed E-state index contributed by atoms with van der Waals surface area (Å²) in [5, 5.41) is 12.1. The number of anilines is 1. The number of nitrogens with one attached hydrogen (secondary N) is 1. The quantitative estimate of drug-likeness (QED) is 0.895. The van der Waals surface area contributed by atoms with Crippen molar-refractivity contribution in [2.24, 2.45) is 0 Å². The second-order valence-electron chi connectivity index (χ2n) is 4.23. The summed E-state index contributed by atoms with van der Waals surface area (Å²) in [6, 6.07) is 14.0. The fourth-order valence-electron chi connectivity index (χ4n) is 1.80. The highest BCUT2D eigenvalue weighted by atomic mass is 79.9. The molecule has 0 fully saturated rings. The number of rotatable bonds is 3. The van der Waals surface area contributed by atoms with Gasteiger partial charge in [-0.05, 0) is 58.7 Å². The molecule has 2 aromatic carbocycles. The van der Waals surface area contributed by atoms with E-state index in [0.717, 1.165) is 15.7 Å². The highest BCUT2D eigenvalue weighted by Gasteiger charge is 2.07.